The molecule has 0 aliphatic heterocycles. The lowest BCUT2D eigenvalue weighted by molar-refractivity contribution is 0.414. The maximum absolute atomic E-state index is 11.5. The highest BCUT2D eigenvalue weighted by molar-refractivity contribution is 7.90. The number of rotatable bonds is 5. The maximum atomic E-state index is 11.5. The molecule has 1 heterocycles. The number of ether oxygens (including phenoxy) is 1. The van der Waals surface area contributed by atoms with E-state index in [4.69, 9.17) is 22.1 Å². The number of nitrogen functional groups attached to an aromatic ring is 1. The second-order valence-electron chi connectivity index (χ2n) is 5.85. The average Bonchev–Trinajstić information content (AvgIpc) is 2.48. The summed E-state index contributed by atoms with van der Waals surface area (Å²) in [6, 6.07) is 3.74. The van der Waals surface area contributed by atoms with Crippen LogP contribution in [-0.4, -0.2) is 31.8 Å². The normalized spacial score (nSPS) is 11.8. The van der Waals surface area contributed by atoms with E-state index in [2.05, 4.69) is 23.8 Å². The Hall–Kier alpha value is -1.86. The summed E-state index contributed by atoms with van der Waals surface area (Å²) in [5.41, 5.74) is 8.60. The largest absolute Gasteiger partial charge is 0.495 e. The molecule has 0 atom stereocenters. The SMILES string of the molecule is COc1cc(C(C)C)c(Cc2cnc(S(C)(=O)=O)nc2N)cc1Cl. The third kappa shape index (κ3) is 3.96. The van der Waals surface area contributed by atoms with Gasteiger partial charge in [0.05, 0.1) is 12.1 Å². The lowest BCUT2D eigenvalue weighted by atomic mass is 9.93. The van der Waals surface area contributed by atoms with Crippen molar-refractivity contribution < 1.29 is 13.2 Å². The third-order valence-electron chi connectivity index (χ3n) is 3.62. The molecule has 0 amide bonds. The molecule has 0 spiro atoms. The minimum atomic E-state index is -3.49. The van der Waals surface area contributed by atoms with E-state index in [0.717, 1.165) is 17.4 Å². The third-order valence-corrected chi connectivity index (χ3v) is 4.78. The van der Waals surface area contributed by atoms with Crippen LogP contribution in [0.15, 0.2) is 23.5 Å². The molecule has 2 aromatic rings. The van der Waals surface area contributed by atoms with E-state index in [0.29, 0.717) is 22.8 Å². The molecule has 130 valence electrons. The summed E-state index contributed by atoms with van der Waals surface area (Å²) in [5.74, 6) is 1.01. The van der Waals surface area contributed by atoms with Crippen molar-refractivity contribution in [1.82, 2.24) is 9.97 Å². The highest BCUT2D eigenvalue weighted by Crippen LogP contribution is 2.33. The van der Waals surface area contributed by atoms with Crippen LogP contribution in [0.25, 0.3) is 0 Å². The molecule has 0 fully saturated rings. The summed E-state index contributed by atoms with van der Waals surface area (Å²) in [6.07, 6.45) is 2.94. The van der Waals surface area contributed by atoms with Crippen LogP contribution in [0, 0.1) is 0 Å². The number of sulfone groups is 1. The summed E-state index contributed by atoms with van der Waals surface area (Å²) in [7, 11) is -1.92. The quantitative estimate of drug-likeness (QED) is 0.814. The zero-order valence-electron chi connectivity index (χ0n) is 14.0. The van der Waals surface area contributed by atoms with Crippen molar-refractivity contribution in [2.24, 2.45) is 0 Å². The molecule has 0 saturated carbocycles. The van der Waals surface area contributed by atoms with E-state index in [1.165, 1.54) is 6.20 Å². The molecule has 6 nitrogen and oxygen atoms in total. The predicted octanol–water partition coefficient (Wildman–Crippen LogP) is 2.84. The molecule has 0 saturated heterocycles. The van der Waals surface area contributed by atoms with Crippen molar-refractivity contribution in [2.45, 2.75) is 31.3 Å². The number of anilines is 1. The number of halogens is 1. The first kappa shape index (κ1) is 18.5. The van der Waals surface area contributed by atoms with E-state index in [9.17, 15) is 8.42 Å². The Bertz CT molecular complexity index is 867. The summed E-state index contributed by atoms with van der Waals surface area (Å²) >= 11 is 6.23. The number of hydrogen-bond donors (Lipinski definition) is 1. The van der Waals surface area contributed by atoms with Crippen molar-refractivity contribution in [3.05, 3.63) is 40.0 Å². The van der Waals surface area contributed by atoms with Gasteiger partial charge in [-0.3, -0.25) is 0 Å². The minimum Gasteiger partial charge on any atom is -0.495 e. The first-order valence-electron chi connectivity index (χ1n) is 7.31. The second-order valence-corrected chi connectivity index (χ2v) is 8.17. The molecule has 8 heteroatoms. The minimum absolute atomic E-state index is 0.145. The molecule has 2 N–H and O–H groups in total. The highest BCUT2D eigenvalue weighted by Gasteiger charge is 2.17. The maximum Gasteiger partial charge on any atom is 0.248 e. The van der Waals surface area contributed by atoms with E-state index in [1.54, 1.807) is 7.11 Å². The smallest absolute Gasteiger partial charge is 0.248 e. The van der Waals surface area contributed by atoms with Crippen LogP contribution in [0.4, 0.5) is 5.82 Å². The first-order valence-corrected chi connectivity index (χ1v) is 9.58. The van der Waals surface area contributed by atoms with E-state index >= 15 is 0 Å². The van der Waals surface area contributed by atoms with Gasteiger partial charge in [0.1, 0.15) is 11.6 Å². The Morgan fingerprint density at radius 2 is 1.96 bits per heavy atom. The van der Waals surface area contributed by atoms with Gasteiger partial charge in [-0.25, -0.2) is 18.4 Å². The van der Waals surface area contributed by atoms with Crippen LogP contribution < -0.4 is 10.5 Å². The Kier molecular flexibility index (Phi) is 5.35. The van der Waals surface area contributed by atoms with Crippen molar-refractivity contribution in [1.29, 1.82) is 0 Å². The summed E-state index contributed by atoms with van der Waals surface area (Å²) in [5, 5.41) is 0.227. The van der Waals surface area contributed by atoms with Gasteiger partial charge in [-0.15, -0.1) is 0 Å². The number of nitrogens with zero attached hydrogens (tertiary/aromatic N) is 2. The molecule has 1 aromatic heterocycles. The van der Waals surface area contributed by atoms with Gasteiger partial charge in [-0.1, -0.05) is 25.4 Å². The van der Waals surface area contributed by atoms with Crippen LogP contribution >= 0.6 is 11.6 Å². The van der Waals surface area contributed by atoms with Crippen LogP contribution in [0.2, 0.25) is 5.02 Å². The Morgan fingerprint density at radius 1 is 1.29 bits per heavy atom. The monoisotopic (exact) mass is 369 g/mol. The van der Waals surface area contributed by atoms with Crippen molar-refractivity contribution >= 4 is 27.3 Å². The van der Waals surface area contributed by atoms with E-state index in [1.807, 2.05) is 12.1 Å². The predicted molar refractivity (Wildman–Crippen MR) is 94.5 cm³/mol. The fourth-order valence-electron chi connectivity index (χ4n) is 2.38. The summed E-state index contributed by atoms with van der Waals surface area (Å²) in [4.78, 5) is 7.79. The van der Waals surface area contributed by atoms with Crippen molar-refractivity contribution in [3.8, 4) is 5.75 Å². The van der Waals surface area contributed by atoms with Crippen molar-refractivity contribution in [3.63, 3.8) is 0 Å². The zero-order valence-corrected chi connectivity index (χ0v) is 15.6. The van der Waals surface area contributed by atoms with Gasteiger partial charge in [-0.05, 0) is 29.2 Å². The van der Waals surface area contributed by atoms with Crippen LogP contribution in [0.1, 0.15) is 36.5 Å². The highest BCUT2D eigenvalue weighted by atomic mass is 35.5. The van der Waals surface area contributed by atoms with Gasteiger partial charge in [0.2, 0.25) is 15.0 Å². The van der Waals surface area contributed by atoms with Gasteiger partial charge in [-0.2, -0.15) is 0 Å². The zero-order chi connectivity index (χ0) is 18.1. The molecular formula is C16H20ClN3O3S. The number of methoxy groups -OCH3 is 1. The molecule has 0 bridgehead atoms. The molecule has 0 aliphatic rings. The lowest BCUT2D eigenvalue weighted by Crippen LogP contribution is -2.09. The van der Waals surface area contributed by atoms with Gasteiger partial charge in [0, 0.05) is 24.4 Å². The summed E-state index contributed by atoms with van der Waals surface area (Å²) in [6.45, 7) is 4.14. The molecule has 2 rings (SSSR count). The molecular weight excluding hydrogens is 350 g/mol. The molecule has 1 aromatic carbocycles. The number of nitrogens with two attached hydrogens (primary N) is 1. The van der Waals surface area contributed by atoms with Gasteiger partial charge >= 0.3 is 0 Å². The standard InChI is InChI=1S/C16H20ClN3O3S/c1-9(2)12-7-14(23-3)13(17)6-10(12)5-11-8-19-16(20-15(11)18)24(4,21)22/h6-9H,5H2,1-4H3,(H2,18,19,20). The molecule has 0 radical (unpaired) electrons. The van der Waals surface area contributed by atoms with Crippen LogP contribution in [0.5, 0.6) is 5.75 Å². The van der Waals surface area contributed by atoms with Crippen LogP contribution in [-0.2, 0) is 16.3 Å². The topological polar surface area (TPSA) is 95.2 Å². The summed E-state index contributed by atoms with van der Waals surface area (Å²) < 4.78 is 28.3. The van der Waals surface area contributed by atoms with Gasteiger partial charge in [0.15, 0.2) is 0 Å². The number of aromatic nitrogens is 2. The van der Waals surface area contributed by atoms with Gasteiger partial charge in [0.25, 0.3) is 0 Å². The molecule has 24 heavy (non-hydrogen) atoms. The Balaban J connectivity index is 2.46. The van der Waals surface area contributed by atoms with Crippen molar-refractivity contribution in [2.75, 3.05) is 19.1 Å². The molecule has 0 unspecified atom stereocenters. The first-order chi connectivity index (χ1) is 11.1. The van der Waals surface area contributed by atoms with Crippen LogP contribution in [0.3, 0.4) is 0 Å². The lowest BCUT2D eigenvalue weighted by Gasteiger charge is -2.16. The average molecular weight is 370 g/mol. The number of benzene rings is 1. The van der Waals surface area contributed by atoms with E-state index < -0.39 is 9.84 Å². The Labute approximate surface area is 146 Å². The Morgan fingerprint density at radius 3 is 2.46 bits per heavy atom. The fourth-order valence-corrected chi connectivity index (χ4v) is 3.15. The second kappa shape index (κ2) is 6.94. The number of hydrogen-bond acceptors (Lipinski definition) is 6. The molecule has 0 aliphatic carbocycles. The van der Waals surface area contributed by atoms with E-state index in [-0.39, 0.29) is 16.9 Å². The fraction of sp³-hybridized carbons (Fsp3) is 0.375. The van der Waals surface area contributed by atoms with Gasteiger partial charge < -0.3 is 10.5 Å².